The zero-order valence-corrected chi connectivity index (χ0v) is 18.6. The minimum atomic E-state index is -0.564. The van der Waals surface area contributed by atoms with Crippen molar-refractivity contribution in [2.75, 3.05) is 26.7 Å². The van der Waals surface area contributed by atoms with Gasteiger partial charge in [0.25, 0.3) is 0 Å². The number of benzene rings is 1. The monoisotopic (exact) mass is 402 g/mol. The predicted octanol–water partition coefficient (Wildman–Crippen LogP) is 1.95. The van der Waals surface area contributed by atoms with Crippen molar-refractivity contribution < 1.29 is 9.59 Å². The topological polar surface area (TPSA) is 73.5 Å². The first-order valence-electron chi connectivity index (χ1n) is 10.7. The second kappa shape index (κ2) is 10.7. The summed E-state index contributed by atoms with van der Waals surface area (Å²) in [7, 11) is 1.74. The van der Waals surface area contributed by atoms with Crippen molar-refractivity contribution in [2.24, 2.45) is 5.41 Å². The summed E-state index contributed by atoms with van der Waals surface area (Å²) in [5.41, 5.74) is 0.974. The number of carbonyl (C=O) groups excluding carboxylic acids is 2. The van der Waals surface area contributed by atoms with E-state index in [0.29, 0.717) is 0 Å². The summed E-state index contributed by atoms with van der Waals surface area (Å²) < 4.78 is 0. The molecule has 6 nitrogen and oxygen atoms in total. The Labute approximate surface area is 175 Å². The zero-order chi connectivity index (χ0) is 21.4. The average Bonchev–Trinajstić information content (AvgIpc) is 2.69. The smallest absolute Gasteiger partial charge is 0.243 e. The molecule has 1 aromatic carbocycles. The molecule has 3 atom stereocenters. The van der Waals surface area contributed by atoms with Crippen LogP contribution in [0.5, 0.6) is 0 Å². The van der Waals surface area contributed by atoms with E-state index in [0.717, 1.165) is 38.9 Å². The molecule has 1 saturated heterocycles. The van der Waals surface area contributed by atoms with E-state index in [1.54, 1.807) is 14.0 Å². The Morgan fingerprint density at radius 3 is 2.48 bits per heavy atom. The van der Waals surface area contributed by atoms with Gasteiger partial charge in [-0.1, -0.05) is 51.1 Å². The molecule has 1 aromatic rings. The van der Waals surface area contributed by atoms with E-state index < -0.39 is 6.04 Å². The number of likely N-dealkylation sites (tertiary alicyclic amines) is 1. The molecule has 6 heteroatoms. The van der Waals surface area contributed by atoms with Gasteiger partial charge in [-0.3, -0.25) is 9.59 Å². The van der Waals surface area contributed by atoms with Gasteiger partial charge in [0.15, 0.2) is 0 Å². The van der Waals surface area contributed by atoms with Gasteiger partial charge in [-0.05, 0) is 50.8 Å². The van der Waals surface area contributed by atoms with E-state index in [9.17, 15) is 9.59 Å². The summed E-state index contributed by atoms with van der Waals surface area (Å²) in [4.78, 5) is 27.8. The third-order valence-electron chi connectivity index (χ3n) is 5.65. The lowest BCUT2D eigenvalue weighted by Gasteiger charge is -2.36. The van der Waals surface area contributed by atoms with Crippen molar-refractivity contribution in [3.63, 3.8) is 0 Å². The van der Waals surface area contributed by atoms with Crippen LogP contribution in [0.3, 0.4) is 0 Å². The maximum Gasteiger partial charge on any atom is 0.243 e. The van der Waals surface area contributed by atoms with Crippen LogP contribution in [0.1, 0.15) is 46.1 Å². The number of nitrogens with zero attached hydrogens (tertiary/aromatic N) is 1. The zero-order valence-electron chi connectivity index (χ0n) is 18.6. The molecule has 0 aromatic heterocycles. The maximum atomic E-state index is 13.0. The number of nitrogens with one attached hydrogen (secondary N) is 3. The lowest BCUT2D eigenvalue weighted by Crippen LogP contribution is -2.59. The van der Waals surface area contributed by atoms with Gasteiger partial charge in [0.1, 0.15) is 6.04 Å². The third-order valence-corrected chi connectivity index (χ3v) is 5.65. The van der Waals surface area contributed by atoms with Crippen LogP contribution in [0.15, 0.2) is 30.3 Å². The molecule has 2 amide bonds. The Kier molecular flexibility index (Phi) is 8.65. The van der Waals surface area contributed by atoms with Gasteiger partial charge in [0, 0.05) is 19.1 Å². The van der Waals surface area contributed by atoms with Gasteiger partial charge < -0.3 is 20.9 Å². The Hall–Kier alpha value is -1.92. The van der Waals surface area contributed by atoms with Gasteiger partial charge in [0.2, 0.25) is 11.8 Å². The number of hydrogen-bond acceptors (Lipinski definition) is 4. The van der Waals surface area contributed by atoms with Crippen molar-refractivity contribution in [1.29, 1.82) is 0 Å². The first-order chi connectivity index (χ1) is 13.7. The van der Waals surface area contributed by atoms with E-state index in [-0.39, 0.29) is 29.3 Å². The number of rotatable bonds is 8. The molecule has 29 heavy (non-hydrogen) atoms. The first-order valence-corrected chi connectivity index (χ1v) is 10.7. The summed E-state index contributed by atoms with van der Waals surface area (Å²) >= 11 is 0. The molecule has 1 aliphatic heterocycles. The lowest BCUT2D eigenvalue weighted by atomic mass is 9.85. The van der Waals surface area contributed by atoms with Gasteiger partial charge in [-0.25, -0.2) is 0 Å². The molecule has 1 aliphatic rings. The van der Waals surface area contributed by atoms with Crippen molar-refractivity contribution in [2.45, 2.75) is 65.1 Å². The van der Waals surface area contributed by atoms with Crippen molar-refractivity contribution in [3.05, 3.63) is 35.9 Å². The highest BCUT2D eigenvalue weighted by molar-refractivity contribution is 5.90. The molecule has 0 radical (unpaired) electrons. The van der Waals surface area contributed by atoms with Crippen molar-refractivity contribution >= 4 is 11.8 Å². The van der Waals surface area contributed by atoms with E-state index >= 15 is 0 Å². The van der Waals surface area contributed by atoms with Crippen molar-refractivity contribution in [1.82, 2.24) is 20.9 Å². The third kappa shape index (κ3) is 7.44. The van der Waals surface area contributed by atoms with Gasteiger partial charge in [-0.15, -0.1) is 0 Å². The van der Waals surface area contributed by atoms with Crippen LogP contribution in [0, 0.1) is 5.41 Å². The Morgan fingerprint density at radius 1 is 1.17 bits per heavy atom. The molecule has 0 saturated carbocycles. The molecule has 1 fully saturated rings. The fourth-order valence-corrected chi connectivity index (χ4v) is 3.67. The molecular weight excluding hydrogens is 364 g/mol. The number of amides is 2. The van der Waals surface area contributed by atoms with E-state index in [2.05, 4.69) is 45.1 Å². The molecule has 2 rings (SSSR count). The summed E-state index contributed by atoms with van der Waals surface area (Å²) in [6, 6.07) is 9.72. The first kappa shape index (κ1) is 23.4. The molecule has 0 bridgehead atoms. The minimum Gasteiger partial charge on any atom is -0.350 e. The minimum absolute atomic E-state index is 0.0935. The fourth-order valence-electron chi connectivity index (χ4n) is 3.67. The van der Waals surface area contributed by atoms with Crippen molar-refractivity contribution in [3.8, 4) is 0 Å². The molecule has 1 heterocycles. The molecule has 0 aliphatic carbocycles. The van der Waals surface area contributed by atoms with Gasteiger partial charge >= 0.3 is 0 Å². The summed E-state index contributed by atoms with van der Waals surface area (Å²) in [5, 5.41) is 9.05. The Bertz CT molecular complexity index is 657. The van der Waals surface area contributed by atoms with Crippen LogP contribution >= 0.6 is 0 Å². The molecular formula is C23H38N4O2. The average molecular weight is 403 g/mol. The summed E-state index contributed by atoms with van der Waals surface area (Å²) in [6.07, 6.45) is 3.07. The highest BCUT2D eigenvalue weighted by Gasteiger charge is 2.35. The van der Waals surface area contributed by atoms with Crippen LogP contribution in [0.25, 0.3) is 0 Å². The molecule has 3 N–H and O–H groups in total. The standard InChI is InChI=1S/C23H38N4O2/c1-17(24-5)21(28)26-20(23(2,3)4)22(29)25-19-12-9-14-27(16-19)15-13-18-10-7-6-8-11-18/h6-8,10-11,17,19-20,24H,9,12-16H2,1-5H3,(H,25,29)(H,26,28)/t17-,19-,20+/m0/s1. The number of hydrogen-bond donors (Lipinski definition) is 3. The number of carbonyl (C=O) groups is 2. The Morgan fingerprint density at radius 2 is 1.86 bits per heavy atom. The van der Waals surface area contributed by atoms with Crippen LogP contribution in [0.4, 0.5) is 0 Å². The largest absolute Gasteiger partial charge is 0.350 e. The van der Waals surface area contributed by atoms with Crippen LogP contribution in [0.2, 0.25) is 0 Å². The Balaban J connectivity index is 1.91. The van der Waals surface area contributed by atoms with Crippen LogP contribution in [-0.2, 0) is 16.0 Å². The fraction of sp³-hybridized carbons (Fsp3) is 0.652. The quantitative estimate of drug-likeness (QED) is 0.621. The highest BCUT2D eigenvalue weighted by atomic mass is 16.2. The van der Waals surface area contributed by atoms with Gasteiger partial charge in [-0.2, -0.15) is 0 Å². The molecule has 0 unspecified atom stereocenters. The maximum absolute atomic E-state index is 13.0. The predicted molar refractivity (Wildman–Crippen MR) is 118 cm³/mol. The summed E-state index contributed by atoms with van der Waals surface area (Å²) in [6.45, 7) is 10.7. The van der Waals surface area contributed by atoms with E-state index in [1.807, 2.05) is 26.8 Å². The summed E-state index contributed by atoms with van der Waals surface area (Å²) in [5.74, 6) is -0.250. The van der Waals surface area contributed by atoms with E-state index in [4.69, 9.17) is 0 Å². The van der Waals surface area contributed by atoms with Crippen LogP contribution < -0.4 is 16.0 Å². The lowest BCUT2D eigenvalue weighted by molar-refractivity contribution is -0.133. The van der Waals surface area contributed by atoms with Crippen LogP contribution in [-0.4, -0.2) is 61.5 Å². The van der Waals surface area contributed by atoms with Gasteiger partial charge in [0.05, 0.1) is 6.04 Å². The number of likely N-dealkylation sites (N-methyl/N-ethyl adjacent to an activating group) is 1. The molecule has 0 spiro atoms. The molecule has 162 valence electrons. The second-order valence-corrected chi connectivity index (χ2v) is 9.20. The normalized spacial score (nSPS) is 20.0. The number of piperidine rings is 1. The second-order valence-electron chi connectivity index (χ2n) is 9.20. The highest BCUT2D eigenvalue weighted by Crippen LogP contribution is 2.20. The SMILES string of the molecule is CN[C@@H](C)C(=O)N[C@H](C(=O)N[C@H]1CCCN(CCc2ccccc2)C1)C(C)(C)C. The van der Waals surface area contributed by atoms with E-state index in [1.165, 1.54) is 5.56 Å².